The van der Waals surface area contributed by atoms with E-state index < -0.39 is 0 Å². The molecule has 4 heteroatoms. The minimum Gasteiger partial charge on any atom is -0.399 e. The summed E-state index contributed by atoms with van der Waals surface area (Å²) in [6.07, 6.45) is 3.50. The standard InChI is InChI=1S/C11H12N4/c1-8-13-6-11(7-14-8)15-10-4-2-9(12)3-5-10/h2-7,15H,12H2,1H3. The fourth-order valence-corrected chi connectivity index (χ4v) is 1.19. The van der Waals surface area contributed by atoms with Gasteiger partial charge in [-0.1, -0.05) is 0 Å². The third-order valence-electron chi connectivity index (χ3n) is 1.98. The highest BCUT2D eigenvalue weighted by atomic mass is 14.9. The first-order valence-corrected chi connectivity index (χ1v) is 4.65. The summed E-state index contributed by atoms with van der Waals surface area (Å²) in [6.45, 7) is 1.85. The van der Waals surface area contributed by atoms with Crippen LogP contribution in [0.1, 0.15) is 5.82 Å². The van der Waals surface area contributed by atoms with Gasteiger partial charge in [0.25, 0.3) is 0 Å². The van der Waals surface area contributed by atoms with E-state index in [9.17, 15) is 0 Å². The Balaban J connectivity index is 2.15. The fraction of sp³-hybridized carbons (Fsp3) is 0.0909. The van der Waals surface area contributed by atoms with E-state index in [1.165, 1.54) is 0 Å². The number of nitrogens with one attached hydrogen (secondary N) is 1. The van der Waals surface area contributed by atoms with Crippen molar-refractivity contribution in [2.75, 3.05) is 11.1 Å². The number of hydrogen-bond donors (Lipinski definition) is 2. The molecule has 1 aromatic carbocycles. The molecule has 0 saturated carbocycles. The van der Waals surface area contributed by atoms with Gasteiger partial charge in [-0.15, -0.1) is 0 Å². The Bertz CT molecular complexity index is 390. The summed E-state index contributed by atoms with van der Waals surface area (Å²) in [4.78, 5) is 8.19. The molecule has 2 aromatic rings. The predicted octanol–water partition coefficient (Wildman–Crippen LogP) is 2.11. The highest BCUT2D eigenvalue weighted by Gasteiger charge is 1.95. The molecule has 1 heterocycles. The van der Waals surface area contributed by atoms with Crippen molar-refractivity contribution in [1.29, 1.82) is 0 Å². The third-order valence-corrected chi connectivity index (χ3v) is 1.98. The van der Waals surface area contributed by atoms with Crippen LogP contribution in [0.25, 0.3) is 0 Å². The van der Waals surface area contributed by atoms with E-state index in [1.54, 1.807) is 12.4 Å². The van der Waals surface area contributed by atoms with Crippen molar-refractivity contribution in [2.45, 2.75) is 6.92 Å². The number of aryl methyl sites for hydroxylation is 1. The molecule has 0 fully saturated rings. The molecule has 0 saturated heterocycles. The molecule has 0 aliphatic heterocycles. The quantitative estimate of drug-likeness (QED) is 0.729. The lowest BCUT2D eigenvalue weighted by molar-refractivity contribution is 1.05. The number of anilines is 3. The van der Waals surface area contributed by atoms with Crippen molar-refractivity contribution in [1.82, 2.24) is 9.97 Å². The molecule has 0 atom stereocenters. The van der Waals surface area contributed by atoms with Gasteiger partial charge in [-0.2, -0.15) is 0 Å². The van der Waals surface area contributed by atoms with Crippen LogP contribution in [0, 0.1) is 6.92 Å². The van der Waals surface area contributed by atoms with E-state index in [0.29, 0.717) is 0 Å². The van der Waals surface area contributed by atoms with Crippen LogP contribution in [0.4, 0.5) is 17.1 Å². The molecule has 76 valence electrons. The SMILES string of the molecule is Cc1ncc(Nc2ccc(N)cc2)cn1. The van der Waals surface area contributed by atoms with Crippen LogP contribution in [0.2, 0.25) is 0 Å². The molecule has 0 unspecified atom stereocenters. The van der Waals surface area contributed by atoms with Crippen LogP contribution in [-0.2, 0) is 0 Å². The lowest BCUT2D eigenvalue weighted by Gasteiger charge is -2.05. The molecule has 2 rings (SSSR count). The molecular weight excluding hydrogens is 188 g/mol. The minimum atomic E-state index is 0.751. The maximum Gasteiger partial charge on any atom is 0.125 e. The van der Waals surface area contributed by atoms with Crippen molar-refractivity contribution >= 4 is 17.1 Å². The summed E-state index contributed by atoms with van der Waals surface area (Å²) < 4.78 is 0. The van der Waals surface area contributed by atoms with E-state index in [4.69, 9.17) is 5.73 Å². The number of rotatable bonds is 2. The molecule has 0 aliphatic carbocycles. The van der Waals surface area contributed by atoms with Crippen LogP contribution < -0.4 is 11.1 Å². The van der Waals surface area contributed by atoms with Gasteiger partial charge in [0.1, 0.15) is 5.82 Å². The normalized spacial score (nSPS) is 9.93. The summed E-state index contributed by atoms with van der Waals surface area (Å²) in [5, 5.41) is 3.18. The second-order valence-corrected chi connectivity index (χ2v) is 3.27. The molecule has 0 bridgehead atoms. The van der Waals surface area contributed by atoms with Crippen LogP contribution >= 0.6 is 0 Å². The maximum atomic E-state index is 5.59. The predicted molar refractivity (Wildman–Crippen MR) is 60.9 cm³/mol. The first-order chi connectivity index (χ1) is 7.24. The number of nitrogens with zero attached hydrogens (tertiary/aromatic N) is 2. The summed E-state index contributed by atoms with van der Waals surface area (Å²) in [5.74, 6) is 0.762. The van der Waals surface area contributed by atoms with Gasteiger partial charge in [0.05, 0.1) is 18.1 Å². The van der Waals surface area contributed by atoms with Crippen LogP contribution in [0.3, 0.4) is 0 Å². The Kier molecular flexibility index (Phi) is 2.49. The Morgan fingerprint density at radius 3 is 2.20 bits per heavy atom. The zero-order valence-electron chi connectivity index (χ0n) is 8.44. The zero-order valence-corrected chi connectivity index (χ0v) is 8.44. The Morgan fingerprint density at radius 2 is 1.60 bits per heavy atom. The lowest BCUT2D eigenvalue weighted by Crippen LogP contribution is -1.94. The van der Waals surface area contributed by atoms with E-state index >= 15 is 0 Å². The number of nitrogens with two attached hydrogens (primary N) is 1. The first kappa shape index (κ1) is 9.45. The molecule has 4 nitrogen and oxygen atoms in total. The Labute approximate surface area is 88.2 Å². The molecule has 1 aromatic heterocycles. The highest BCUT2D eigenvalue weighted by Crippen LogP contribution is 2.15. The smallest absolute Gasteiger partial charge is 0.125 e. The average molecular weight is 200 g/mol. The van der Waals surface area contributed by atoms with E-state index in [-0.39, 0.29) is 0 Å². The van der Waals surface area contributed by atoms with Gasteiger partial charge in [-0.25, -0.2) is 9.97 Å². The van der Waals surface area contributed by atoms with E-state index in [2.05, 4.69) is 15.3 Å². The van der Waals surface area contributed by atoms with Gasteiger partial charge in [0.15, 0.2) is 0 Å². The van der Waals surface area contributed by atoms with Gasteiger partial charge in [0.2, 0.25) is 0 Å². The van der Waals surface area contributed by atoms with Crippen molar-refractivity contribution < 1.29 is 0 Å². The minimum absolute atomic E-state index is 0.751. The molecule has 3 N–H and O–H groups in total. The molecule has 0 radical (unpaired) electrons. The van der Waals surface area contributed by atoms with Gasteiger partial charge in [-0.05, 0) is 31.2 Å². The second kappa shape index (κ2) is 3.96. The van der Waals surface area contributed by atoms with E-state index in [0.717, 1.165) is 22.9 Å². The van der Waals surface area contributed by atoms with Crippen LogP contribution in [0.5, 0.6) is 0 Å². The average Bonchev–Trinajstić information content (AvgIpc) is 2.25. The number of nitrogen functional groups attached to an aromatic ring is 1. The second-order valence-electron chi connectivity index (χ2n) is 3.27. The fourth-order valence-electron chi connectivity index (χ4n) is 1.19. The number of aromatic nitrogens is 2. The third kappa shape index (κ3) is 2.43. The van der Waals surface area contributed by atoms with E-state index in [1.807, 2.05) is 31.2 Å². The van der Waals surface area contributed by atoms with Crippen molar-refractivity contribution in [3.8, 4) is 0 Å². The molecule has 0 spiro atoms. The largest absolute Gasteiger partial charge is 0.399 e. The lowest BCUT2D eigenvalue weighted by atomic mass is 10.3. The molecule has 0 aliphatic rings. The van der Waals surface area contributed by atoms with Crippen molar-refractivity contribution in [3.05, 3.63) is 42.5 Å². The first-order valence-electron chi connectivity index (χ1n) is 4.65. The highest BCUT2D eigenvalue weighted by molar-refractivity contribution is 5.60. The van der Waals surface area contributed by atoms with Gasteiger partial charge >= 0.3 is 0 Å². The maximum absolute atomic E-state index is 5.59. The molecular formula is C11H12N4. The van der Waals surface area contributed by atoms with Crippen LogP contribution in [-0.4, -0.2) is 9.97 Å². The van der Waals surface area contributed by atoms with Gasteiger partial charge < -0.3 is 11.1 Å². The van der Waals surface area contributed by atoms with Gasteiger partial charge in [0, 0.05) is 11.4 Å². The number of benzene rings is 1. The topological polar surface area (TPSA) is 63.8 Å². The summed E-state index contributed by atoms with van der Waals surface area (Å²) >= 11 is 0. The van der Waals surface area contributed by atoms with Gasteiger partial charge in [-0.3, -0.25) is 0 Å². The zero-order chi connectivity index (χ0) is 10.7. The number of hydrogen-bond acceptors (Lipinski definition) is 4. The molecule has 0 amide bonds. The monoisotopic (exact) mass is 200 g/mol. The Morgan fingerprint density at radius 1 is 1.00 bits per heavy atom. The summed E-state index contributed by atoms with van der Waals surface area (Å²) in [6, 6.07) is 7.51. The molecule has 15 heavy (non-hydrogen) atoms. The Hall–Kier alpha value is -2.10. The van der Waals surface area contributed by atoms with Crippen LogP contribution in [0.15, 0.2) is 36.7 Å². The summed E-state index contributed by atoms with van der Waals surface area (Å²) in [5.41, 5.74) is 8.17. The van der Waals surface area contributed by atoms with Crippen molar-refractivity contribution in [3.63, 3.8) is 0 Å². The van der Waals surface area contributed by atoms with Crippen molar-refractivity contribution in [2.24, 2.45) is 0 Å². The summed E-state index contributed by atoms with van der Waals surface area (Å²) in [7, 11) is 0.